The minimum Gasteiger partial charge on any atom is -0.257 e. The first kappa shape index (κ1) is 7.23. The summed E-state index contributed by atoms with van der Waals surface area (Å²) < 4.78 is 53.9. The van der Waals surface area contributed by atoms with Crippen LogP contribution in [0, 0.1) is 6.85 Å². The minimum atomic E-state index is -2.31. The number of aryl methyl sites for hydroxylation is 1. The lowest BCUT2D eigenvalue weighted by atomic mass is 9.92. The van der Waals surface area contributed by atoms with E-state index in [1.807, 2.05) is 0 Å². The zero-order valence-electron chi connectivity index (χ0n) is 17.6. The lowest BCUT2D eigenvalue weighted by Gasteiger charge is -2.17. The molecule has 2 aromatic rings. The van der Waals surface area contributed by atoms with Crippen molar-refractivity contribution in [2.45, 2.75) is 23.0 Å². The lowest BCUT2D eigenvalue weighted by Crippen LogP contribution is -2.10. The van der Waals surface area contributed by atoms with E-state index in [0.717, 1.165) is 5.56 Å². The Labute approximate surface area is 133 Å². The van der Waals surface area contributed by atoms with E-state index in [0.29, 0.717) is 10.6 Å². The first-order chi connectivity index (χ1) is 12.6. The normalized spacial score (nSPS) is 26.1. The minimum absolute atomic E-state index is 0.00239. The van der Waals surface area contributed by atoms with Crippen molar-refractivity contribution in [3.8, 4) is 0 Å². The fourth-order valence-corrected chi connectivity index (χ4v) is 3.60. The van der Waals surface area contributed by atoms with Crippen LogP contribution >= 0.6 is 11.8 Å². The average molecular weight is 287 g/mol. The fraction of sp³-hybridized carbons (Fsp3) is 0.176. The second-order valence-electron chi connectivity index (χ2n) is 4.36. The first-order valence-corrected chi connectivity index (χ1v) is 6.88. The number of thioether (sulfide) groups is 1. The van der Waals surface area contributed by atoms with Crippen LogP contribution in [0.3, 0.4) is 0 Å². The van der Waals surface area contributed by atoms with Crippen molar-refractivity contribution in [3.05, 3.63) is 72.6 Å². The maximum Gasteiger partial charge on any atom is 0.101 e. The summed E-state index contributed by atoms with van der Waals surface area (Å²) in [7, 11) is 0. The highest BCUT2D eigenvalue weighted by Crippen LogP contribution is 2.49. The van der Waals surface area contributed by atoms with Crippen molar-refractivity contribution in [3.63, 3.8) is 0 Å². The van der Waals surface area contributed by atoms with Crippen LogP contribution in [0.25, 0.3) is 5.57 Å². The van der Waals surface area contributed by atoms with Gasteiger partial charge in [0.2, 0.25) is 0 Å². The van der Waals surface area contributed by atoms with Crippen molar-refractivity contribution < 1.29 is 9.60 Å². The summed E-state index contributed by atoms with van der Waals surface area (Å²) in [6.45, 7) is 5.55. The molecule has 2 atom stereocenters. The number of fused-ring (bicyclic) bond motifs is 1. The lowest BCUT2D eigenvalue weighted by molar-refractivity contribution is 0.878. The van der Waals surface area contributed by atoms with Crippen molar-refractivity contribution in [2.24, 2.45) is 0 Å². The van der Waals surface area contributed by atoms with Gasteiger partial charge < -0.3 is 0 Å². The second kappa shape index (κ2) is 5.25. The molecule has 0 spiro atoms. The average Bonchev–Trinajstić information content (AvgIpc) is 2.99. The number of hydrogen-bond donors (Lipinski definition) is 0. The van der Waals surface area contributed by atoms with Gasteiger partial charge in [-0.05, 0) is 36.1 Å². The Kier molecular flexibility index (Phi) is 1.90. The molecule has 20 heavy (non-hydrogen) atoms. The van der Waals surface area contributed by atoms with Gasteiger partial charge in [-0.1, -0.05) is 36.5 Å². The van der Waals surface area contributed by atoms with Gasteiger partial charge in [0, 0.05) is 27.1 Å². The highest BCUT2D eigenvalue weighted by molar-refractivity contribution is 8.00. The van der Waals surface area contributed by atoms with E-state index < -0.39 is 12.9 Å². The van der Waals surface area contributed by atoms with E-state index in [1.54, 1.807) is 12.1 Å². The van der Waals surface area contributed by atoms with Gasteiger partial charge in [0.25, 0.3) is 0 Å². The Morgan fingerprint density at radius 1 is 1.50 bits per heavy atom. The molecule has 0 radical (unpaired) electrons. The molecule has 2 aromatic heterocycles. The topological polar surface area (TPSA) is 25.8 Å². The summed E-state index contributed by atoms with van der Waals surface area (Å²) in [4.78, 5) is 8.24. The van der Waals surface area contributed by atoms with Gasteiger partial charge >= 0.3 is 0 Å². The maximum absolute atomic E-state index is 8.09. The highest BCUT2D eigenvalue weighted by Gasteiger charge is 2.34. The van der Waals surface area contributed by atoms with Gasteiger partial charge in [0.05, 0.1) is 11.2 Å². The number of nitrogens with zero attached hydrogens (tertiary/aromatic N) is 2. The molecule has 100 valence electrons. The van der Waals surface area contributed by atoms with Crippen LogP contribution in [-0.4, -0.2) is 15.2 Å². The number of allylic oxidation sites excluding steroid dienone is 1. The molecule has 3 rings (SSSR count). The Bertz CT molecular complexity index is 955. The predicted molar refractivity (Wildman–Crippen MR) is 84.8 cm³/mol. The van der Waals surface area contributed by atoms with Crippen LogP contribution in [-0.2, 0) is 0 Å². The van der Waals surface area contributed by atoms with Crippen molar-refractivity contribution >= 4 is 17.3 Å². The maximum atomic E-state index is 8.09. The van der Waals surface area contributed by atoms with Crippen LogP contribution in [0.4, 0.5) is 0 Å². The molecule has 3 heteroatoms. The van der Waals surface area contributed by atoms with E-state index in [1.165, 1.54) is 17.8 Å². The standard InChI is InChI=1S/C17H16N2S/c1-4-13-14-9-8-11(2)19-17(14)20-16(13)12(3)15-7-5-6-10-18-15/h4-10,13,16H,1,3H2,2H3/i2D3,5D,6D,7D,10D. The molecule has 0 bridgehead atoms. The predicted octanol–water partition coefficient (Wildman–Crippen LogP) is 4.24. The molecule has 0 fully saturated rings. The molecular weight excluding hydrogens is 264 g/mol. The number of aromatic nitrogens is 2. The molecule has 0 saturated heterocycles. The van der Waals surface area contributed by atoms with E-state index in [-0.39, 0.29) is 40.8 Å². The molecule has 0 N–H and O–H groups in total. The summed E-state index contributed by atoms with van der Waals surface area (Å²) in [6.07, 6.45) is 1.32. The SMILES string of the molecule is [2H]c1nc(C(=C)C2Sc3nc(C([2H])([2H])[2H])ccc3C2C=C)c([2H])c([2H])c1[2H]. The highest BCUT2D eigenvalue weighted by atomic mass is 32.2. The molecule has 2 nitrogen and oxygen atoms in total. The summed E-state index contributed by atoms with van der Waals surface area (Å²) in [5, 5.41) is 0.212. The van der Waals surface area contributed by atoms with Crippen LogP contribution < -0.4 is 0 Å². The van der Waals surface area contributed by atoms with Crippen molar-refractivity contribution in [1.29, 1.82) is 0 Å². The van der Waals surface area contributed by atoms with Gasteiger partial charge in [-0.3, -0.25) is 4.98 Å². The van der Waals surface area contributed by atoms with Crippen LogP contribution in [0.1, 0.15) is 32.5 Å². The molecule has 1 aliphatic heterocycles. The number of hydrogen-bond acceptors (Lipinski definition) is 3. The summed E-state index contributed by atoms with van der Waals surface area (Å²) in [6, 6.07) is 2.16. The van der Waals surface area contributed by atoms with E-state index in [9.17, 15) is 0 Å². The largest absolute Gasteiger partial charge is 0.257 e. The third-order valence-corrected chi connectivity index (χ3v) is 4.56. The van der Waals surface area contributed by atoms with E-state index in [4.69, 9.17) is 9.60 Å². The summed E-state index contributed by atoms with van der Waals surface area (Å²) in [5.41, 5.74) is 1.33. The molecule has 0 saturated carbocycles. The number of rotatable bonds is 3. The smallest absolute Gasteiger partial charge is 0.101 e. The molecular formula is C17H16N2S. The third-order valence-electron chi connectivity index (χ3n) is 3.18. The van der Waals surface area contributed by atoms with Gasteiger partial charge in [0.15, 0.2) is 0 Å². The monoisotopic (exact) mass is 287 g/mol. The molecule has 0 aliphatic carbocycles. The third kappa shape index (κ3) is 2.18. The van der Waals surface area contributed by atoms with Crippen LogP contribution in [0.5, 0.6) is 0 Å². The van der Waals surface area contributed by atoms with Gasteiger partial charge in [0.1, 0.15) is 5.03 Å². The zero-order chi connectivity index (χ0) is 20.1. The Morgan fingerprint density at radius 3 is 3.20 bits per heavy atom. The van der Waals surface area contributed by atoms with Crippen molar-refractivity contribution in [1.82, 2.24) is 9.97 Å². The quantitative estimate of drug-likeness (QED) is 0.790. The zero-order valence-corrected chi connectivity index (χ0v) is 11.4. The molecule has 2 unspecified atom stereocenters. The fourth-order valence-electron chi connectivity index (χ4n) is 2.21. The molecule has 0 amide bonds. The first-order valence-electron chi connectivity index (χ1n) is 9.50. The van der Waals surface area contributed by atoms with E-state index in [2.05, 4.69) is 23.1 Å². The van der Waals surface area contributed by atoms with Gasteiger partial charge in [-0.25, -0.2) is 4.98 Å². The van der Waals surface area contributed by atoms with Crippen LogP contribution in [0.15, 0.2) is 60.7 Å². The summed E-state index contributed by atoms with van der Waals surface area (Å²) in [5.74, 6) is -0.226. The van der Waals surface area contributed by atoms with Crippen molar-refractivity contribution in [2.75, 3.05) is 0 Å². The molecule has 0 aromatic carbocycles. The Balaban J connectivity index is 2.03. The second-order valence-corrected chi connectivity index (χ2v) is 5.49. The molecule has 3 heterocycles. The van der Waals surface area contributed by atoms with E-state index >= 15 is 0 Å². The van der Waals surface area contributed by atoms with Gasteiger partial charge in [-0.2, -0.15) is 0 Å². The Morgan fingerprint density at radius 2 is 2.40 bits per heavy atom. The Hall–Kier alpha value is -1.87. The van der Waals surface area contributed by atoms with Gasteiger partial charge in [-0.15, -0.1) is 6.58 Å². The molecule has 1 aliphatic rings. The van der Waals surface area contributed by atoms with Crippen LogP contribution in [0.2, 0.25) is 0 Å². The summed E-state index contributed by atoms with van der Waals surface area (Å²) >= 11 is 1.30. The number of pyridine rings is 2.